The molecule has 0 spiro atoms. The van der Waals surface area contributed by atoms with E-state index in [9.17, 15) is 14.9 Å². The van der Waals surface area contributed by atoms with Crippen molar-refractivity contribution in [2.45, 2.75) is 11.7 Å². The second-order valence-corrected chi connectivity index (χ2v) is 5.57. The Hall–Kier alpha value is -2.19. The number of amides is 1. The van der Waals surface area contributed by atoms with Crippen LogP contribution in [-0.4, -0.2) is 28.4 Å². The Kier molecular flexibility index (Phi) is 4.16. The number of ketones is 1. The minimum absolute atomic E-state index is 0.0525. The van der Waals surface area contributed by atoms with Crippen molar-refractivity contribution in [3.05, 3.63) is 47.5 Å². The fourth-order valence-corrected chi connectivity index (χ4v) is 2.78. The SMILES string of the molecule is CC1=CC(=O)N=CC1(C#N)SCC(=O)c1ccccc1. The zero-order chi connectivity index (χ0) is 14.6. The van der Waals surface area contributed by atoms with Gasteiger partial charge in [-0.15, -0.1) is 11.8 Å². The number of rotatable bonds is 4. The van der Waals surface area contributed by atoms with Crippen LogP contribution in [0, 0.1) is 11.3 Å². The number of carbonyl (C=O) groups excluding carboxylic acids is 2. The number of dihydropyridines is 1. The molecule has 100 valence electrons. The molecule has 1 aliphatic rings. The summed E-state index contributed by atoms with van der Waals surface area (Å²) in [4.78, 5) is 26.9. The van der Waals surface area contributed by atoms with E-state index < -0.39 is 4.75 Å². The van der Waals surface area contributed by atoms with Gasteiger partial charge in [-0.25, -0.2) is 4.99 Å². The van der Waals surface area contributed by atoms with Crippen LogP contribution in [0.3, 0.4) is 0 Å². The lowest BCUT2D eigenvalue weighted by Gasteiger charge is -2.24. The van der Waals surface area contributed by atoms with E-state index in [1.165, 1.54) is 24.1 Å². The highest BCUT2D eigenvalue weighted by Gasteiger charge is 2.34. The van der Waals surface area contributed by atoms with E-state index in [2.05, 4.69) is 11.1 Å². The molecule has 1 amide bonds. The minimum Gasteiger partial charge on any atom is -0.293 e. The summed E-state index contributed by atoms with van der Waals surface area (Å²) in [6.07, 6.45) is 2.66. The van der Waals surface area contributed by atoms with Crippen LogP contribution in [-0.2, 0) is 4.79 Å². The molecule has 1 atom stereocenters. The highest BCUT2D eigenvalue weighted by atomic mass is 32.2. The third kappa shape index (κ3) is 2.86. The van der Waals surface area contributed by atoms with Gasteiger partial charge in [0.2, 0.25) is 0 Å². The fourth-order valence-electron chi connectivity index (χ4n) is 1.77. The average molecular weight is 284 g/mol. The van der Waals surface area contributed by atoms with E-state index in [1.807, 2.05) is 6.07 Å². The maximum absolute atomic E-state index is 12.1. The first-order chi connectivity index (χ1) is 9.57. The number of hydrogen-bond acceptors (Lipinski definition) is 4. The number of benzene rings is 1. The predicted molar refractivity (Wildman–Crippen MR) is 78.8 cm³/mol. The van der Waals surface area contributed by atoms with Crippen molar-refractivity contribution in [1.82, 2.24) is 0 Å². The predicted octanol–water partition coefficient (Wildman–Crippen LogP) is 2.42. The highest BCUT2D eigenvalue weighted by Crippen LogP contribution is 2.33. The maximum atomic E-state index is 12.1. The van der Waals surface area contributed by atoms with Crippen LogP contribution in [0.15, 0.2) is 47.0 Å². The van der Waals surface area contributed by atoms with E-state index in [4.69, 9.17) is 0 Å². The van der Waals surface area contributed by atoms with Crippen molar-refractivity contribution in [3.8, 4) is 6.07 Å². The summed E-state index contributed by atoms with van der Waals surface area (Å²) in [6, 6.07) is 11.0. The lowest BCUT2D eigenvalue weighted by atomic mass is 10.00. The Bertz CT molecular complexity index is 644. The number of thioether (sulfide) groups is 1. The van der Waals surface area contributed by atoms with Gasteiger partial charge in [-0.1, -0.05) is 30.3 Å². The summed E-state index contributed by atoms with van der Waals surface area (Å²) in [5.74, 6) is -0.269. The van der Waals surface area contributed by atoms with Crippen molar-refractivity contribution in [3.63, 3.8) is 0 Å². The van der Waals surface area contributed by atoms with E-state index in [0.29, 0.717) is 11.1 Å². The van der Waals surface area contributed by atoms with E-state index in [-0.39, 0.29) is 17.4 Å². The molecule has 5 heteroatoms. The molecule has 1 unspecified atom stereocenters. The van der Waals surface area contributed by atoms with Gasteiger partial charge in [0.1, 0.15) is 0 Å². The quantitative estimate of drug-likeness (QED) is 0.796. The van der Waals surface area contributed by atoms with Crippen molar-refractivity contribution >= 4 is 29.7 Å². The molecule has 20 heavy (non-hydrogen) atoms. The summed E-state index contributed by atoms with van der Waals surface area (Å²) in [5.41, 5.74) is 1.21. The summed E-state index contributed by atoms with van der Waals surface area (Å²) in [6.45, 7) is 1.70. The molecule has 1 aliphatic heterocycles. The second kappa shape index (κ2) is 5.85. The third-order valence-corrected chi connectivity index (χ3v) is 4.37. The first-order valence-corrected chi connectivity index (χ1v) is 6.97. The van der Waals surface area contributed by atoms with Crippen LogP contribution in [0.25, 0.3) is 0 Å². The Labute approximate surface area is 121 Å². The molecular weight excluding hydrogens is 272 g/mol. The molecule has 0 bridgehead atoms. The fraction of sp³-hybridized carbons (Fsp3) is 0.200. The first-order valence-electron chi connectivity index (χ1n) is 5.99. The number of hydrogen-bond donors (Lipinski definition) is 0. The summed E-state index contributed by atoms with van der Waals surface area (Å²) in [5, 5.41) is 9.36. The van der Waals surface area contributed by atoms with Gasteiger partial charge in [-0.05, 0) is 12.5 Å². The first kappa shape index (κ1) is 14.2. The van der Waals surface area contributed by atoms with Crippen LogP contribution in [0.2, 0.25) is 0 Å². The van der Waals surface area contributed by atoms with Gasteiger partial charge in [0.05, 0.1) is 11.8 Å². The van der Waals surface area contributed by atoms with Gasteiger partial charge in [0.25, 0.3) is 5.91 Å². The lowest BCUT2D eigenvalue weighted by Crippen LogP contribution is -2.31. The zero-order valence-corrected chi connectivity index (χ0v) is 11.7. The van der Waals surface area contributed by atoms with Crippen molar-refractivity contribution in [2.75, 3.05) is 5.75 Å². The maximum Gasteiger partial charge on any atom is 0.269 e. The van der Waals surface area contributed by atoms with Crippen molar-refractivity contribution in [2.24, 2.45) is 4.99 Å². The number of nitriles is 1. The van der Waals surface area contributed by atoms with E-state index in [1.54, 1.807) is 31.2 Å². The van der Waals surface area contributed by atoms with Gasteiger partial charge in [0.15, 0.2) is 10.5 Å². The Balaban J connectivity index is 2.12. The number of carbonyl (C=O) groups is 2. The number of Topliss-reactive ketones (excluding diaryl/α,β-unsaturated/α-hetero) is 1. The molecular formula is C15H12N2O2S. The lowest BCUT2D eigenvalue weighted by molar-refractivity contribution is -0.113. The number of nitrogens with zero attached hydrogens (tertiary/aromatic N) is 2. The van der Waals surface area contributed by atoms with Crippen LogP contribution in [0.4, 0.5) is 0 Å². The van der Waals surface area contributed by atoms with Gasteiger partial charge in [0, 0.05) is 17.9 Å². The van der Waals surface area contributed by atoms with Gasteiger partial charge in [-0.2, -0.15) is 5.26 Å². The zero-order valence-electron chi connectivity index (χ0n) is 10.9. The molecule has 4 nitrogen and oxygen atoms in total. The molecule has 0 fully saturated rings. The van der Waals surface area contributed by atoms with Crippen LogP contribution >= 0.6 is 11.8 Å². The molecule has 0 N–H and O–H groups in total. The largest absolute Gasteiger partial charge is 0.293 e. The molecule has 0 radical (unpaired) electrons. The van der Waals surface area contributed by atoms with Crippen LogP contribution < -0.4 is 0 Å². The van der Waals surface area contributed by atoms with Gasteiger partial charge in [-0.3, -0.25) is 9.59 Å². The minimum atomic E-state index is -1.03. The van der Waals surface area contributed by atoms with Gasteiger partial charge < -0.3 is 0 Å². The summed E-state index contributed by atoms with van der Waals surface area (Å²) >= 11 is 1.18. The molecule has 0 saturated carbocycles. The number of aliphatic imine (C=N–C) groups is 1. The van der Waals surface area contributed by atoms with Crippen molar-refractivity contribution < 1.29 is 9.59 Å². The molecule has 2 rings (SSSR count). The Morgan fingerprint density at radius 3 is 2.70 bits per heavy atom. The monoisotopic (exact) mass is 284 g/mol. The Morgan fingerprint density at radius 2 is 2.10 bits per heavy atom. The molecule has 1 aromatic rings. The average Bonchev–Trinajstić information content (AvgIpc) is 2.48. The molecule has 1 heterocycles. The smallest absolute Gasteiger partial charge is 0.269 e. The van der Waals surface area contributed by atoms with Gasteiger partial charge >= 0.3 is 0 Å². The second-order valence-electron chi connectivity index (χ2n) is 4.35. The van der Waals surface area contributed by atoms with Crippen LogP contribution in [0.5, 0.6) is 0 Å². The topological polar surface area (TPSA) is 70.3 Å². The van der Waals surface area contributed by atoms with Crippen LogP contribution in [0.1, 0.15) is 17.3 Å². The summed E-state index contributed by atoms with van der Waals surface area (Å²) < 4.78 is -1.03. The highest BCUT2D eigenvalue weighted by molar-refractivity contribution is 8.02. The Morgan fingerprint density at radius 1 is 1.40 bits per heavy atom. The third-order valence-electron chi connectivity index (χ3n) is 2.99. The summed E-state index contributed by atoms with van der Waals surface area (Å²) in [7, 11) is 0. The normalized spacial score (nSPS) is 21.2. The van der Waals surface area contributed by atoms with E-state index >= 15 is 0 Å². The van der Waals surface area contributed by atoms with E-state index in [0.717, 1.165) is 0 Å². The molecule has 0 saturated heterocycles. The molecule has 1 aromatic carbocycles. The molecule has 0 aliphatic carbocycles. The molecule has 0 aromatic heterocycles. The standard InChI is InChI=1S/C15H12N2O2S/c1-11-7-14(19)17-10-15(11,9-16)20-8-13(18)12-5-3-2-4-6-12/h2-7,10H,8H2,1H3. The van der Waals surface area contributed by atoms with Crippen molar-refractivity contribution in [1.29, 1.82) is 5.26 Å².